The van der Waals surface area contributed by atoms with Crippen LogP contribution in [-0.2, 0) is 14.3 Å². The summed E-state index contributed by atoms with van der Waals surface area (Å²) in [7, 11) is 0. The molecule has 7 nitrogen and oxygen atoms in total. The van der Waals surface area contributed by atoms with Crippen LogP contribution in [0.25, 0.3) is 11.1 Å². The molecule has 1 fully saturated rings. The number of amides is 2. The van der Waals surface area contributed by atoms with Crippen molar-refractivity contribution in [3.8, 4) is 11.1 Å². The molecule has 7 heteroatoms. The summed E-state index contributed by atoms with van der Waals surface area (Å²) in [4.78, 5) is 36.7. The molecule has 2 amide bonds. The predicted octanol–water partition coefficient (Wildman–Crippen LogP) is 4.70. The van der Waals surface area contributed by atoms with Gasteiger partial charge in [0.25, 0.3) is 0 Å². The molecule has 2 aromatic carbocycles. The number of carbonyl (C=O) groups excluding carboxylic acids is 2. The molecule has 0 spiro atoms. The number of hydrogen-bond acceptors (Lipinski definition) is 4. The average Bonchev–Trinajstić information content (AvgIpc) is 3.34. The molecule has 1 saturated carbocycles. The zero-order valence-electron chi connectivity index (χ0n) is 20.4. The molecule has 35 heavy (non-hydrogen) atoms. The summed E-state index contributed by atoms with van der Waals surface area (Å²) in [5, 5.41) is 14.6. The molecule has 2 atom stereocenters. The molecule has 3 N–H and O–H groups in total. The third kappa shape index (κ3) is 5.66. The monoisotopic (exact) mass is 478 g/mol. The van der Waals surface area contributed by atoms with Gasteiger partial charge in [-0.2, -0.15) is 0 Å². The fourth-order valence-electron chi connectivity index (χ4n) is 5.44. The molecule has 2 aliphatic rings. The van der Waals surface area contributed by atoms with Gasteiger partial charge in [0.05, 0.1) is 0 Å². The summed E-state index contributed by atoms with van der Waals surface area (Å²) in [5.74, 6) is -1.12. The first kappa shape index (κ1) is 24.8. The molecule has 0 aromatic heterocycles. The van der Waals surface area contributed by atoms with Crippen molar-refractivity contribution in [1.29, 1.82) is 0 Å². The van der Waals surface area contributed by atoms with Gasteiger partial charge in [0.2, 0.25) is 5.91 Å². The van der Waals surface area contributed by atoms with Crippen LogP contribution in [0.4, 0.5) is 4.79 Å². The van der Waals surface area contributed by atoms with E-state index < -0.39 is 18.1 Å². The number of carboxylic acids is 1. The van der Waals surface area contributed by atoms with Gasteiger partial charge < -0.3 is 20.5 Å². The zero-order valence-corrected chi connectivity index (χ0v) is 20.4. The van der Waals surface area contributed by atoms with Crippen LogP contribution in [0.3, 0.4) is 0 Å². The Morgan fingerprint density at radius 1 is 1.06 bits per heavy atom. The third-order valence-corrected chi connectivity index (χ3v) is 7.60. The van der Waals surface area contributed by atoms with Crippen molar-refractivity contribution < 1.29 is 24.2 Å². The molecule has 4 rings (SSSR count). The summed E-state index contributed by atoms with van der Waals surface area (Å²) in [6.07, 6.45) is 2.35. The topological polar surface area (TPSA) is 105 Å². The Kier molecular flexibility index (Phi) is 7.43. The fourth-order valence-corrected chi connectivity index (χ4v) is 5.44. The number of ether oxygens (including phenoxy) is 1. The number of nitrogens with one attached hydrogen (secondary N) is 2. The van der Waals surface area contributed by atoms with Gasteiger partial charge in [0.1, 0.15) is 12.6 Å². The van der Waals surface area contributed by atoms with Crippen molar-refractivity contribution in [2.24, 2.45) is 11.3 Å². The Hall–Kier alpha value is -3.35. The van der Waals surface area contributed by atoms with Crippen LogP contribution in [0.5, 0.6) is 0 Å². The number of carboxylic acid groups (broad SMARTS) is 1. The fraction of sp³-hybridized carbons (Fsp3) is 0.464. The van der Waals surface area contributed by atoms with E-state index in [1.54, 1.807) is 0 Å². The van der Waals surface area contributed by atoms with Crippen molar-refractivity contribution in [1.82, 2.24) is 10.6 Å². The molecule has 0 bridgehead atoms. The standard InChI is InChI=1S/C28H34N2O5/c1-28(2)15-7-8-18(28)16-29-26(33)24(13-14-25(31)32)30-27(34)35-17-23-21-11-5-3-9-19(21)20-10-4-6-12-22(20)23/h3-6,9-12,18,23-24H,7-8,13-17H2,1-2H3,(H,29,33)(H,30,34)(H,31,32). The van der Waals surface area contributed by atoms with Crippen molar-refractivity contribution in [2.45, 2.75) is 57.9 Å². The highest BCUT2D eigenvalue weighted by Crippen LogP contribution is 2.44. The summed E-state index contributed by atoms with van der Waals surface area (Å²) < 4.78 is 5.56. The molecule has 186 valence electrons. The van der Waals surface area contributed by atoms with E-state index in [0.29, 0.717) is 12.5 Å². The minimum Gasteiger partial charge on any atom is -0.481 e. The smallest absolute Gasteiger partial charge is 0.407 e. The zero-order chi connectivity index (χ0) is 25.0. The first-order chi connectivity index (χ1) is 16.8. The number of fused-ring (bicyclic) bond motifs is 3. The molecule has 2 aromatic rings. The number of aliphatic carboxylic acids is 1. The molecule has 2 unspecified atom stereocenters. The molecule has 0 aliphatic heterocycles. The highest BCUT2D eigenvalue weighted by atomic mass is 16.5. The maximum atomic E-state index is 12.9. The lowest BCUT2D eigenvalue weighted by molar-refractivity contribution is -0.137. The van der Waals surface area contributed by atoms with Gasteiger partial charge >= 0.3 is 12.1 Å². The second-order valence-corrected chi connectivity index (χ2v) is 10.3. The number of rotatable bonds is 9. The minimum atomic E-state index is -1.02. The van der Waals surface area contributed by atoms with Crippen molar-refractivity contribution in [3.05, 3.63) is 59.7 Å². The van der Waals surface area contributed by atoms with Crippen LogP contribution in [0.2, 0.25) is 0 Å². The maximum Gasteiger partial charge on any atom is 0.407 e. The SMILES string of the molecule is CC1(C)CCCC1CNC(=O)C(CCC(=O)O)NC(=O)OCC1c2ccccc2-c2ccccc21. The minimum absolute atomic E-state index is 0.000574. The number of benzene rings is 2. The lowest BCUT2D eigenvalue weighted by Crippen LogP contribution is -2.48. The summed E-state index contributed by atoms with van der Waals surface area (Å²) in [6.45, 7) is 5.05. The van der Waals surface area contributed by atoms with Crippen LogP contribution < -0.4 is 10.6 Å². The Labute approximate surface area is 206 Å². The van der Waals surface area contributed by atoms with Crippen LogP contribution in [0.15, 0.2) is 48.5 Å². The number of alkyl carbamates (subject to hydrolysis) is 1. The van der Waals surface area contributed by atoms with Gasteiger partial charge in [0.15, 0.2) is 0 Å². The van der Waals surface area contributed by atoms with Crippen molar-refractivity contribution in [2.75, 3.05) is 13.2 Å². The number of hydrogen-bond donors (Lipinski definition) is 3. The maximum absolute atomic E-state index is 12.9. The highest BCUT2D eigenvalue weighted by molar-refractivity contribution is 5.86. The van der Waals surface area contributed by atoms with E-state index in [9.17, 15) is 14.4 Å². The first-order valence-electron chi connectivity index (χ1n) is 12.4. The molecule has 2 aliphatic carbocycles. The largest absolute Gasteiger partial charge is 0.481 e. The molecular weight excluding hydrogens is 444 g/mol. The van der Waals surface area contributed by atoms with E-state index in [-0.39, 0.29) is 36.7 Å². The lowest BCUT2D eigenvalue weighted by Gasteiger charge is -2.28. The Morgan fingerprint density at radius 2 is 1.69 bits per heavy atom. The van der Waals surface area contributed by atoms with E-state index in [4.69, 9.17) is 9.84 Å². The van der Waals surface area contributed by atoms with Crippen molar-refractivity contribution >= 4 is 18.0 Å². The Balaban J connectivity index is 1.37. The normalized spacial score (nSPS) is 18.9. The van der Waals surface area contributed by atoms with E-state index in [2.05, 4.69) is 36.6 Å². The van der Waals surface area contributed by atoms with E-state index in [0.717, 1.165) is 41.5 Å². The van der Waals surface area contributed by atoms with Gasteiger partial charge in [-0.1, -0.05) is 68.8 Å². The second kappa shape index (κ2) is 10.5. The third-order valence-electron chi connectivity index (χ3n) is 7.60. The number of carbonyl (C=O) groups is 3. The highest BCUT2D eigenvalue weighted by Gasteiger charge is 2.35. The van der Waals surface area contributed by atoms with Crippen LogP contribution in [0.1, 0.15) is 63.0 Å². The van der Waals surface area contributed by atoms with E-state index in [1.165, 1.54) is 0 Å². The molecule has 0 saturated heterocycles. The van der Waals surface area contributed by atoms with Crippen molar-refractivity contribution in [3.63, 3.8) is 0 Å². The van der Waals surface area contributed by atoms with Gasteiger partial charge in [-0.25, -0.2) is 4.79 Å². The van der Waals surface area contributed by atoms with Crippen LogP contribution >= 0.6 is 0 Å². The van der Waals surface area contributed by atoms with Crippen LogP contribution in [-0.4, -0.2) is 42.3 Å². The van der Waals surface area contributed by atoms with E-state index >= 15 is 0 Å². The summed E-state index contributed by atoms with van der Waals surface area (Å²) in [5.41, 5.74) is 4.61. The second-order valence-electron chi connectivity index (χ2n) is 10.3. The average molecular weight is 479 g/mol. The van der Waals surface area contributed by atoms with Gasteiger partial charge in [0, 0.05) is 18.9 Å². The molecular formula is C28H34N2O5. The van der Waals surface area contributed by atoms with Crippen LogP contribution in [0, 0.1) is 11.3 Å². The summed E-state index contributed by atoms with van der Waals surface area (Å²) >= 11 is 0. The summed E-state index contributed by atoms with van der Waals surface area (Å²) in [6, 6.07) is 15.1. The van der Waals surface area contributed by atoms with E-state index in [1.807, 2.05) is 36.4 Å². The lowest BCUT2D eigenvalue weighted by atomic mass is 9.82. The van der Waals surface area contributed by atoms with Gasteiger partial charge in [-0.3, -0.25) is 9.59 Å². The Bertz CT molecular complexity index is 1050. The van der Waals surface area contributed by atoms with Gasteiger partial charge in [-0.05, 0) is 52.8 Å². The quantitative estimate of drug-likeness (QED) is 0.485. The van der Waals surface area contributed by atoms with Gasteiger partial charge in [-0.15, -0.1) is 0 Å². The molecule has 0 radical (unpaired) electrons. The molecule has 0 heterocycles. The Morgan fingerprint density at radius 3 is 2.26 bits per heavy atom. The predicted molar refractivity (Wildman–Crippen MR) is 133 cm³/mol. The first-order valence-corrected chi connectivity index (χ1v) is 12.4.